The lowest BCUT2D eigenvalue weighted by Crippen LogP contribution is -2.48. The van der Waals surface area contributed by atoms with E-state index in [0.29, 0.717) is 12.2 Å². The van der Waals surface area contributed by atoms with E-state index in [-0.39, 0.29) is 17.8 Å². The number of nitrogens with zero attached hydrogens (tertiary/aromatic N) is 2. The van der Waals surface area contributed by atoms with E-state index < -0.39 is 9.84 Å². The number of carbonyl (C=O) groups is 1. The van der Waals surface area contributed by atoms with Crippen LogP contribution in [0.4, 0.5) is 10.5 Å². The van der Waals surface area contributed by atoms with Gasteiger partial charge >= 0.3 is 6.03 Å². The average molecular weight is 353 g/mol. The molecule has 0 bridgehead atoms. The fraction of sp³-hybridized carbons (Fsp3) is 0.467. The molecule has 1 saturated heterocycles. The highest BCUT2D eigenvalue weighted by atomic mass is 32.2. The van der Waals surface area contributed by atoms with Crippen molar-refractivity contribution in [2.24, 2.45) is 0 Å². The Morgan fingerprint density at radius 1 is 1.43 bits per heavy atom. The summed E-state index contributed by atoms with van der Waals surface area (Å²) in [5, 5.41) is 2.88. The number of hydrogen-bond acceptors (Lipinski definition) is 5. The van der Waals surface area contributed by atoms with Crippen LogP contribution in [0.3, 0.4) is 0 Å². The molecule has 8 heteroatoms. The molecule has 1 unspecified atom stereocenters. The molecule has 1 aliphatic rings. The van der Waals surface area contributed by atoms with Crippen molar-refractivity contribution in [2.75, 3.05) is 23.9 Å². The zero-order valence-corrected chi connectivity index (χ0v) is 14.5. The lowest BCUT2D eigenvalue weighted by molar-refractivity contribution is 0.171. The Morgan fingerprint density at radius 2 is 2.26 bits per heavy atom. The van der Waals surface area contributed by atoms with Crippen LogP contribution in [0, 0.1) is 0 Å². The molecule has 0 spiro atoms. The van der Waals surface area contributed by atoms with Gasteiger partial charge in [-0.1, -0.05) is 0 Å². The van der Waals surface area contributed by atoms with Crippen LogP contribution < -0.4 is 5.32 Å². The summed E-state index contributed by atoms with van der Waals surface area (Å²) >= 11 is 1.52. The second-order valence-corrected chi connectivity index (χ2v) is 8.97. The van der Waals surface area contributed by atoms with Crippen molar-refractivity contribution in [3.05, 3.63) is 23.7 Å². The summed E-state index contributed by atoms with van der Waals surface area (Å²) in [5.41, 5.74) is 3.37. The number of urea groups is 1. The van der Waals surface area contributed by atoms with Gasteiger partial charge in [-0.25, -0.2) is 18.2 Å². The van der Waals surface area contributed by atoms with Crippen LogP contribution in [0.2, 0.25) is 0 Å². The number of fused-ring (bicyclic) bond motifs is 1. The number of anilines is 1. The van der Waals surface area contributed by atoms with Crippen LogP contribution >= 0.6 is 11.3 Å². The van der Waals surface area contributed by atoms with Gasteiger partial charge in [-0.3, -0.25) is 0 Å². The van der Waals surface area contributed by atoms with Crippen LogP contribution in [0.25, 0.3) is 10.2 Å². The van der Waals surface area contributed by atoms with Crippen molar-refractivity contribution in [1.29, 1.82) is 0 Å². The van der Waals surface area contributed by atoms with Gasteiger partial charge in [-0.05, 0) is 37.5 Å². The quantitative estimate of drug-likeness (QED) is 0.920. The number of amides is 2. The number of hydrogen-bond donors (Lipinski definition) is 1. The maximum Gasteiger partial charge on any atom is 0.322 e. The molecule has 124 valence electrons. The highest BCUT2D eigenvalue weighted by Gasteiger charge is 2.29. The molecule has 1 N–H and O–H groups in total. The molecule has 0 saturated carbocycles. The molecule has 1 aromatic carbocycles. The van der Waals surface area contributed by atoms with Gasteiger partial charge in [0.15, 0.2) is 0 Å². The molecule has 1 aliphatic heterocycles. The monoisotopic (exact) mass is 353 g/mol. The van der Waals surface area contributed by atoms with E-state index in [1.807, 2.05) is 18.2 Å². The number of piperidine rings is 1. The second kappa shape index (κ2) is 6.45. The van der Waals surface area contributed by atoms with Crippen LogP contribution in [0.15, 0.2) is 23.7 Å². The average Bonchev–Trinajstić information content (AvgIpc) is 2.93. The van der Waals surface area contributed by atoms with Gasteiger partial charge in [0.2, 0.25) is 0 Å². The van der Waals surface area contributed by atoms with Gasteiger partial charge in [0, 0.05) is 24.5 Å². The number of carbonyl (C=O) groups excluding carboxylic acids is 1. The van der Waals surface area contributed by atoms with Crippen LogP contribution in [-0.4, -0.2) is 48.9 Å². The number of sulfone groups is 1. The predicted molar refractivity (Wildman–Crippen MR) is 92.7 cm³/mol. The summed E-state index contributed by atoms with van der Waals surface area (Å²) < 4.78 is 24.2. The molecule has 0 aliphatic carbocycles. The Morgan fingerprint density at radius 3 is 3.04 bits per heavy atom. The van der Waals surface area contributed by atoms with Crippen molar-refractivity contribution in [1.82, 2.24) is 9.88 Å². The maximum atomic E-state index is 12.5. The molecule has 23 heavy (non-hydrogen) atoms. The molecule has 1 fully saturated rings. The summed E-state index contributed by atoms with van der Waals surface area (Å²) in [7, 11) is -3.11. The van der Waals surface area contributed by atoms with Gasteiger partial charge in [-0.15, -0.1) is 11.3 Å². The lowest BCUT2D eigenvalue weighted by atomic mass is 10.0. The number of thiazole rings is 1. The fourth-order valence-electron chi connectivity index (χ4n) is 2.92. The zero-order valence-electron chi connectivity index (χ0n) is 12.9. The molecule has 2 aromatic rings. The zero-order chi connectivity index (χ0) is 16.4. The molecule has 0 radical (unpaired) electrons. The van der Waals surface area contributed by atoms with Gasteiger partial charge in [-0.2, -0.15) is 0 Å². The predicted octanol–water partition coefficient (Wildman–Crippen LogP) is 2.73. The molecule has 2 amide bonds. The summed E-state index contributed by atoms with van der Waals surface area (Å²) in [6, 6.07) is 5.09. The smallest absolute Gasteiger partial charge is 0.321 e. The highest BCUT2D eigenvalue weighted by molar-refractivity contribution is 7.90. The minimum Gasteiger partial charge on any atom is -0.321 e. The van der Waals surface area contributed by atoms with Gasteiger partial charge < -0.3 is 10.2 Å². The van der Waals surface area contributed by atoms with Crippen LogP contribution in [0.5, 0.6) is 0 Å². The molecular formula is C15H19N3O3S2. The van der Waals surface area contributed by atoms with E-state index in [9.17, 15) is 13.2 Å². The molecule has 3 rings (SSSR count). The van der Waals surface area contributed by atoms with E-state index in [1.165, 1.54) is 17.6 Å². The maximum absolute atomic E-state index is 12.5. The Bertz CT molecular complexity index is 816. The fourth-order valence-corrected chi connectivity index (χ4v) is 4.68. The van der Waals surface area contributed by atoms with Crippen molar-refractivity contribution >= 4 is 43.1 Å². The minimum absolute atomic E-state index is 0.0221. The van der Waals surface area contributed by atoms with Crippen molar-refractivity contribution in [2.45, 2.75) is 25.3 Å². The highest BCUT2D eigenvalue weighted by Crippen LogP contribution is 2.23. The van der Waals surface area contributed by atoms with E-state index in [1.54, 1.807) is 10.4 Å². The van der Waals surface area contributed by atoms with E-state index in [0.717, 1.165) is 29.5 Å². The number of aromatic nitrogens is 1. The SMILES string of the molecule is CS(=O)(=O)CC1CCCCN1C(=O)Nc1ccc2ncsc2c1. The Hall–Kier alpha value is -1.67. The third-order valence-corrected chi connectivity index (χ3v) is 5.75. The number of rotatable bonds is 3. The van der Waals surface area contributed by atoms with Crippen molar-refractivity contribution in [3.63, 3.8) is 0 Å². The molecule has 2 heterocycles. The first kappa shape index (κ1) is 16.2. The molecule has 1 atom stereocenters. The summed E-state index contributed by atoms with van der Waals surface area (Å²) in [6.45, 7) is 0.592. The Balaban J connectivity index is 1.74. The number of nitrogens with one attached hydrogen (secondary N) is 1. The lowest BCUT2D eigenvalue weighted by Gasteiger charge is -2.35. The second-order valence-electron chi connectivity index (χ2n) is 5.90. The van der Waals surface area contributed by atoms with Crippen LogP contribution in [0.1, 0.15) is 19.3 Å². The summed E-state index contributed by atoms with van der Waals surface area (Å²) in [5.74, 6) is 0.0221. The first-order chi connectivity index (χ1) is 10.9. The molecular weight excluding hydrogens is 334 g/mol. The first-order valence-electron chi connectivity index (χ1n) is 7.51. The normalized spacial score (nSPS) is 19.0. The third kappa shape index (κ3) is 4.00. The number of benzene rings is 1. The third-order valence-electron chi connectivity index (χ3n) is 3.97. The Kier molecular flexibility index (Phi) is 4.54. The number of likely N-dealkylation sites (tertiary alicyclic amines) is 1. The standard InChI is InChI=1S/C15H19N3O3S2/c1-23(20,21)9-12-4-2-3-7-18(12)15(19)17-11-5-6-13-14(8-11)22-10-16-13/h5-6,8,10,12H,2-4,7,9H2,1H3,(H,17,19). The summed E-state index contributed by atoms with van der Waals surface area (Å²) in [6.07, 6.45) is 3.81. The molecule has 1 aromatic heterocycles. The van der Waals surface area contributed by atoms with Gasteiger partial charge in [0.1, 0.15) is 9.84 Å². The van der Waals surface area contributed by atoms with Crippen LogP contribution in [-0.2, 0) is 9.84 Å². The Labute approximate surface area is 139 Å². The van der Waals surface area contributed by atoms with Gasteiger partial charge in [0.05, 0.1) is 21.5 Å². The van der Waals surface area contributed by atoms with E-state index in [2.05, 4.69) is 10.3 Å². The topological polar surface area (TPSA) is 79.4 Å². The molecule has 6 nitrogen and oxygen atoms in total. The first-order valence-corrected chi connectivity index (χ1v) is 10.4. The van der Waals surface area contributed by atoms with Crippen molar-refractivity contribution in [3.8, 4) is 0 Å². The minimum atomic E-state index is -3.11. The summed E-state index contributed by atoms with van der Waals surface area (Å²) in [4.78, 5) is 18.4. The van der Waals surface area contributed by atoms with Gasteiger partial charge in [0.25, 0.3) is 0 Å². The van der Waals surface area contributed by atoms with E-state index in [4.69, 9.17) is 0 Å². The van der Waals surface area contributed by atoms with E-state index >= 15 is 0 Å². The van der Waals surface area contributed by atoms with Crippen molar-refractivity contribution < 1.29 is 13.2 Å². The largest absolute Gasteiger partial charge is 0.322 e.